The van der Waals surface area contributed by atoms with Crippen molar-refractivity contribution >= 4 is 0 Å². The Morgan fingerprint density at radius 1 is 1.33 bits per heavy atom. The number of ether oxygens (including phenoxy) is 1. The fraction of sp³-hybridized carbons (Fsp3) is 0.500. The van der Waals surface area contributed by atoms with Crippen molar-refractivity contribution in [3.63, 3.8) is 0 Å². The Balaban J connectivity index is 1.87. The molecule has 0 saturated carbocycles. The monoisotopic (exact) mass is 206 g/mol. The lowest BCUT2D eigenvalue weighted by molar-refractivity contribution is 0.357. The van der Waals surface area contributed by atoms with Crippen LogP contribution in [0.1, 0.15) is 11.1 Å². The number of benzene rings is 1. The first kappa shape index (κ1) is 10.5. The maximum absolute atomic E-state index is 5.47. The van der Waals surface area contributed by atoms with Crippen LogP contribution in [0.15, 0.2) is 18.2 Å². The summed E-state index contributed by atoms with van der Waals surface area (Å²) in [5.41, 5.74) is 2.69. The minimum absolute atomic E-state index is 0.839. The minimum Gasteiger partial charge on any atom is -0.493 e. The number of rotatable bonds is 5. The van der Waals surface area contributed by atoms with Gasteiger partial charge in [0.05, 0.1) is 6.61 Å². The van der Waals surface area contributed by atoms with Gasteiger partial charge >= 0.3 is 0 Å². The molecule has 0 radical (unpaired) electrons. The van der Waals surface area contributed by atoms with E-state index in [4.69, 9.17) is 4.74 Å². The predicted octanol–water partition coefficient (Wildman–Crippen LogP) is 0.930. The molecule has 0 saturated heterocycles. The van der Waals surface area contributed by atoms with Crippen LogP contribution in [-0.2, 0) is 13.0 Å². The van der Waals surface area contributed by atoms with E-state index in [0.717, 1.165) is 38.4 Å². The molecular formula is C12H18N2O. The van der Waals surface area contributed by atoms with Gasteiger partial charge in [0.15, 0.2) is 0 Å². The molecule has 1 aromatic carbocycles. The van der Waals surface area contributed by atoms with Gasteiger partial charge < -0.3 is 15.4 Å². The second-order valence-electron chi connectivity index (χ2n) is 3.82. The molecular weight excluding hydrogens is 188 g/mol. The summed E-state index contributed by atoms with van der Waals surface area (Å²) in [7, 11) is 1.97. The zero-order valence-electron chi connectivity index (χ0n) is 9.18. The zero-order valence-corrected chi connectivity index (χ0v) is 9.18. The molecule has 82 valence electrons. The standard InChI is InChI=1S/C12H18N2O/c1-13-5-6-14-9-10-2-3-12-11(8-10)4-7-15-12/h2-3,8,13-14H,4-7,9H2,1H3. The number of likely N-dealkylation sites (N-methyl/N-ethyl adjacent to an activating group) is 1. The molecule has 0 atom stereocenters. The van der Waals surface area contributed by atoms with Crippen molar-refractivity contribution in [2.75, 3.05) is 26.7 Å². The average molecular weight is 206 g/mol. The van der Waals surface area contributed by atoms with Crippen molar-refractivity contribution in [2.24, 2.45) is 0 Å². The van der Waals surface area contributed by atoms with E-state index >= 15 is 0 Å². The molecule has 0 aliphatic carbocycles. The second kappa shape index (κ2) is 5.14. The Morgan fingerprint density at radius 2 is 2.27 bits per heavy atom. The smallest absolute Gasteiger partial charge is 0.122 e. The van der Waals surface area contributed by atoms with Crippen LogP contribution in [-0.4, -0.2) is 26.7 Å². The molecule has 0 bridgehead atoms. The number of hydrogen-bond acceptors (Lipinski definition) is 3. The Bertz CT molecular complexity index is 325. The van der Waals surface area contributed by atoms with Crippen molar-refractivity contribution in [1.82, 2.24) is 10.6 Å². The molecule has 0 amide bonds. The molecule has 2 rings (SSSR count). The Kier molecular flexibility index (Phi) is 3.59. The SMILES string of the molecule is CNCCNCc1ccc2c(c1)CCO2. The number of fused-ring (bicyclic) bond motifs is 1. The van der Waals surface area contributed by atoms with Gasteiger partial charge in [-0.2, -0.15) is 0 Å². The fourth-order valence-corrected chi connectivity index (χ4v) is 1.80. The van der Waals surface area contributed by atoms with Gasteiger partial charge in [0.2, 0.25) is 0 Å². The van der Waals surface area contributed by atoms with Gasteiger partial charge in [-0.05, 0) is 24.2 Å². The van der Waals surface area contributed by atoms with E-state index in [1.54, 1.807) is 0 Å². The summed E-state index contributed by atoms with van der Waals surface area (Å²) in [5.74, 6) is 1.06. The van der Waals surface area contributed by atoms with Crippen LogP contribution in [0.4, 0.5) is 0 Å². The maximum atomic E-state index is 5.47. The molecule has 0 aromatic heterocycles. The van der Waals surface area contributed by atoms with Crippen LogP contribution in [0, 0.1) is 0 Å². The van der Waals surface area contributed by atoms with E-state index < -0.39 is 0 Å². The van der Waals surface area contributed by atoms with E-state index in [1.807, 2.05) is 7.05 Å². The van der Waals surface area contributed by atoms with Gasteiger partial charge in [-0.25, -0.2) is 0 Å². The molecule has 3 nitrogen and oxygen atoms in total. The number of nitrogens with one attached hydrogen (secondary N) is 2. The molecule has 0 fully saturated rings. The average Bonchev–Trinajstić information content (AvgIpc) is 2.71. The second-order valence-corrected chi connectivity index (χ2v) is 3.82. The molecule has 1 aliphatic rings. The highest BCUT2D eigenvalue weighted by atomic mass is 16.5. The Labute approximate surface area is 90.8 Å². The van der Waals surface area contributed by atoms with Gasteiger partial charge in [-0.3, -0.25) is 0 Å². The quantitative estimate of drug-likeness (QED) is 0.703. The van der Waals surface area contributed by atoms with Crippen LogP contribution in [0.2, 0.25) is 0 Å². The molecule has 1 aliphatic heterocycles. The molecule has 1 heterocycles. The maximum Gasteiger partial charge on any atom is 0.122 e. The normalized spacial score (nSPS) is 13.7. The van der Waals surface area contributed by atoms with Crippen LogP contribution in [0.25, 0.3) is 0 Å². The fourth-order valence-electron chi connectivity index (χ4n) is 1.80. The molecule has 1 aromatic rings. The van der Waals surface area contributed by atoms with Gasteiger partial charge in [0.25, 0.3) is 0 Å². The Morgan fingerprint density at radius 3 is 3.13 bits per heavy atom. The number of hydrogen-bond donors (Lipinski definition) is 2. The van der Waals surface area contributed by atoms with Gasteiger partial charge in [-0.15, -0.1) is 0 Å². The molecule has 0 spiro atoms. The topological polar surface area (TPSA) is 33.3 Å². The van der Waals surface area contributed by atoms with E-state index in [9.17, 15) is 0 Å². The third kappa shape index (κ3) is 2.70. The molecule has 15 heavy (non-hydrogen) atoms. The highest BCUT2D eigenvalue weighted by Gasteiger charge is 2.11. The summed E-state index contributed by atoms with van der Waals surface area (Å²) in [4.78, 5) is 0. The van der Waals surface area contributed by atoms with Crippen LogP contribution in [0.5, 0.6) is 5.75 Å². The van der Waals surface area contributed by atoms with Gasteiger partial charge in [0.1, 0.15) is 5.75 Å². The van der Waals surface area contributed by atoms with E-state index in [2.05, 4.69) is 28.8 Å². The van der Waals surface area contributed by atoms with Crippen molar-refractivity contribution in [2.45, 2.75) is 13.0 Å². The van der Waals surface area contributed by atoms with E-state index in [1.165, 1.54) is 11.1 Å². The third-order valence-corrected chi connectivity index (χ3v) is 2.63. The molecule has 0 unspecified atom stereocenters. The summed E-state index contributed by atoms with van der Waals surface area (Å²) >= 11 is 0. The summed E-state index contributed by atoms with van der Waals surface area (Å²) in [5, 5.41) is 6.50. The zero-order chi connectivity index (χ0) is 10.5. The first-order chi connectivity index (χ1) is 7.40. The summed E-state index contributed by atoms with van der Waals surface area (Å²) in [6, 6.07) is 6.46. The van der Waals surface area contributed by atoms with Crippen molar-refractivity contribution in [1.29, 1.82) is 0 Å². The molecule has 3 heteroatoms. The summed E-state index contributed by atoms with van der Waals surface area (Å²) in [6.07, 6.45) is 1.06. The van der Waals surface area contributed by atoms with Crippen molar-refractivity contribution < 1.29 is 4.74 Å². The van der Waals surface area contributed by atoms with Gasteiger partial charge in [-0.1, -0.05) is 12.1 Å². The Hall–Kier alpha value is -1.06. The lowest BCUT2D eigenvalue weighted by Crippen LogP contribution is -2.24. The van der Waals surface area contributed by atoms with Crippen LogP contribution < -0.4 is 15.4 Å². The minimum atomic E-state index is 0.839. The first-order valence-electron chi connectivity index (χ1n) is 5.50. The van der Waals surface area contributed by atoms with Gasteiger partial charge in [0, 0.05) is 26.1 Å². The summed E-state index contributed by atoms with van der Waals surface area (Å²) in [6.45, 7) is 3.79. The van der Waals surface area contributed by atoms with Crippen LogP contribution >= 0.6 is 0 Å². The van der Waals surface area contributed by atoms with E-state index in [0.29, 0.717) is 0 Å². The largest absolute Gasteiger partial charge is 0.493 e. The van der Waals surface area contributed by atoms with Crippen molar-refractivity contribution in [3.8, 4) is 5.75 Å². The van der Waals surface area contributed by atoms with Crippen molar-refractivity contribution in [3.05, 3.63) is 29.3 Å². The third-order valence-electron chi connectivity index (χ3n) is 2.63. The highest BCUT2D eigenvalue weighted by Crippen LogP contribution is 2.25. The van der Waals surface area contributed by atoms with Crippen LogP contribution in [0.3, 0.4) is 0 Å². The first-order valence-corrected chi connectivity index (χ1v) is 5.50. The predicted molar refractivity (Wildman–Crippen MR) is 61.3 cm³/mol. The summed E-state index contributed by atoms with van der Waals surface area (Å²) < 4.78 is 5.47. The molecule has 2 N–H and O–H groups in total. The lowest BCUT2D eigenvalue weighted by Gasteiger charge is -2.06. The highest BCUT2D eigenvalue weighted by molar-refractivity contribution is 5.39. The van der Waals surface area contributed by atoms with E-state index in [-0.39, 0.29) is 0 Å². The lowest BCUT2D eigenvalue weighted by atomic mass is 10.1.